The zero-order chi connectivity index (χ0) is 38.4. The van der Waals surface area contributed by atoms with Gasteiger partial charge in [0.25, 0.3) is 0 Å². The molecule has 0 aromatic heterocycles. The van der Waals surface area contributed by atoms with Crippen LogP contribution in [0.15, 0.2) is 48.5 Å². The number of aromatic hydroxyl groups is 2. The number of carboxylic acid groups (broad SMARTS) is 2. The maximum Gasteiger partial charge on any atom is 0.313 e. The second-order valence-electron chi connectivity index (χ2n) is 18.9. The van der Waals surface area contributed by atoms with Crippen LogP contribution in [0.25, 0.3) is 0 Å². The number of aliphatic carboxylic acids is 2. The van der Waals surface area contributed by atoms with Crippen LogP contribution in [0.3, 0.4) is 0 Å². The molecule has 0 aliphatic rings. The average Bonchev–Trinajstić information content (AvgIpc) is 2.96. The van der Waals surface area contributed by atoms with E-state index in [4.69, 9.17) is 0 Å². The smallest absolute Gasteiger partial charge is 0.313 e. The number of carboxylic acids is 2. The summed E-state index contributed by atoms with van der Waals surface area (Å²) in [4.78, 5) is 25.8. The van der Waals surface area contributed by atoms with Gasteiger partial charge in [-0.2, -0.15) is 0 Å². The quantitative estimate of drug-likeness (QED) is 0.169. The second kappa shape index (κ2) is 13.7. The van der Waals surface area contributed by atoms with E-state index in [0.717, 1.165) is 33.4 Å². The van der Waals surface area contributed by atoms with Crippen molar-refractivity contribution in [2.45, 2.75) is 155 Å². The van der Waals surface area contributed by atoms with E-state index in [0.29, 0.717) is 36.8 Å². The van der Waals surface area contributed by atoms with Crippen molar-refractivity contribution in [3.05, 3.63) is 93.0 Å². The zero-order valence-corrected chi connectivity index (χ0v) is 33.1. The molecule has 6 heteroatoms. The summed E-state index contributed by atoms with van der Waals surface area (Å²) in [6, 6.07) is 15.5. The fourth-order valence-corrected chi connectivity index (χ4v) is 6.60. The Hall–Kier alpha value is -3.80. The molecular formula is C44H62O6. The summed E-state index contributed by atoms with van der Waals surface area (Å²) in [5.41, 5.74) is 2.43. The molecule has 0 amide bonds. The minimum atomic E-state index is -1.18. The highest BCUT2D eigenvalue weighted by Gasteiger charge is 2.40. The molecule has 0 heterocycles. The summed E-state index contributed by atoms with van der Waals surface area (Å²) in [6.45, 7) is 27.8. The van der Waals surface area contributed by atoms with Crippen molar-refractivity contribution < 1.29 is 30.0 Å². The third kappa shape index (κ3) is 8.55. The Morgan fingerprint density at radius 3 is 0.860 bits per heavy atom. The van der Waals surface area contributed by atoms with Crippen molar-refractivity contribution >= 4 is 11.9 Å². The molecule has 6 nitrogen and oxygen atoms in total. The standard InChI is InChI=1S/C44H62O6/c1-39(2,3)31-23-29(24-32(35(31)45)40(4,5)6)43(13,37(47)48)21-19-27-15-17-28(18-16-27)20-22-44(14,38(49)50)30-25-33(41(7,8)9)36(46)34(26-30)42(10,11)12/h15-18,23-26,45-46H,19-22H2,1-14H3,(H,47,48)(H,49,50). The third-order valence-electron chi connectivity index (χ3n) is 10.5. The molecule has 3 rings (SSSR count). The molecule has 0 aliphatic heterocycles. The second-order valence-corrected chi connectivity index (χ2v) is 18.9. The number of aryl methyl sites for hydroxylation is 2. The van der Waals surface area contributed by atoms with Gasteiger partial charge in [-0.1, -0.05) is 132 Å². The van der Waals surface area contributed by atoms with E-state index in [1.54, 1.807) is 13.8 Å². The van der Waals surface area contributed by atoms with Gasteiger partial charge in [-0.15, -0.1) is 0 Å². The first-order valence-electron chi connectivity index (χ1n) is 17.8. The minimum Gasteiger partial charge on any atom is -0.507 e. The van der Waals surface area contributed by atoms with Crippen LogP contribution in [0.1, 0.15) is 154 Å². The van der Waals surface area contributed by atoms with Gasteiger partial charge >= 0.3 is 11.9 Å². The highest BCUT2D eigenvalue weighted by Crippen LogP contribution is 2.45. The van der Waals surface area contributed by atoms with Crippen molar-refractivity contribution in [1.29, 1.82) is 0 Å². The highest BCUT2D eigenvalue weighted by atomic mass is 16.4. The predicted molar refractivity (Wildman–Crippen MR) is 204 cm³/mol. The van der Waals surface area contributed by atoms with Crippen LogP contribution in [-0.2, 0) is 54.9 Å². The molecule has 0 bridgehead atoms. The maximum atomic E-state index is 12.9. The van der Waals surface area contributed by atoms with Gasteiger partial charge in [0.2, 0.25) is 0 Å². The molecule has 0 fully saturated rings. The van der Waals surface area contributed by atoms with Crippen LogP contribution in [-0.4, -0.2) is 32.4 Å². The molecule has 3 aromatic carbocycles. The van der Waals surface area contributed by atoms with Gasteiger partial charge in [-0.3, -0.25) is 9.59 Å². The van der Waals surface area contributed by atoms with E-state index in [-0.39, 0.29) is 33.2 Å². The summed E-state index contributed by atoms with van der Waals surface area (Å²) in [5.74, 6) is -1.37. The normalized spacial score (nSPS) is 15.3. The Labute approximate surface area is 301 Å². The lowest BCUT2D eigenvalue weighted by Crippen LogP contribution is -2.34. The molecular weight excluding hydrogens is 624 g/mol. The van der Waals surface area contributed by atoms with E-state index in [1.807, 2.05) is 132 Å². The molecule has 0 saturated heterocycles. The van der Waals surface area contributed by atoms with Gasteiger partial charge in [0.15, 0.2) is 0 Å². The van der Waals surface area contributed by atoms with Crippen molar-refractivity contribution in [2.75, 3.05) is 0 Å². The fourth-order valence-electron chi connectivity index (χ4n) is 6.60. The molecule has 0 aliphatic carbocycles. The summed E-state index contributed by atoms with van der Waals surface area (Å²) in [6.07, 6.45) is 1.80. The van der Waals surface area contributed by atoms with E-state index in [2.05, 4.69) is 0 Å². The number of carbonyl (C=O) groups is 2. The van der Waals surface area contributed by atoms with Crippen molar-refractivity contribution in [3.63, 3.8) is 0 Å². The van der Waals surface area contributed by atoms with E-state index in [1.165, 1.54) is 0 Å². The molecule has 274 valence electrons. The summed E-state index contributed by atoms with van der Waals surface area (Å²) < 4.78 is 0. The zero-order valence-electron chi connectivity index (χ0n) is 33.1. The van der Waals surface area contributed by atoms with Crippen molar-refractivity contribution in [3.8, 4) is 11.5 Å². The number of rotatable bonds is 10. The van der Waals surface area contributed by atoms with Crippen LogP contribution in [0.2, 0.25) is 0 Å². The molecule has 0 radical (unpaired) electrons. The van der Waals surface area contributed by atoms with Gasteiger partial charge in [0.05, 0.1) is 10.8 Å². The lowest BCUT2D eigenvalue weighted by atomic mass is 9.71. The lowest BCUT2D eigenvalue weighted by Gasteiger charge is -2.33. The van der Waals surface area contributed by atoms with Gasteiger partial charge in [0.1, 0.15) is 11.5 Å². The predicted octanol–water partition coefficient (Wildman–Crippen LogP) is 10.2. The Kier molecular flexibility index (Phi) is 11.2. The van der Waals surface area contributed by atoms with E-state index in [9.17, 15) is 30.0 Å². The minimum absolute atomic E-state index is 0.228. The highest BCUT2D eigenvalue weighted by molar-refractivity contribution is 5.82. The first-order valence-corrected chi connectivity index (χ1v) is 17.8. The van der Waals surface area contributed by atoms with Crippen LogP contribution in [0, 0.1) is 0 Å². The van der Waals surface area contributed by atoms with Gasteiger partial charge in [0, 0.05) is 0 Å². The summed E-state index contributed by atoms with van der Waals surface area (Å²) in [7, 11) is 0. The molecule has 50 heavy (non-hydrogen) atoms. The Morgan fingerprint density at radius 1 is 0.460 bits per heavy atom. The molecule has 3 aromatic rings. The van der Waals surface area contributed by atoms with Gasteiger partial charge in [-0.25, -0.2) is 0 Å². The Morgan fingerprint density at radius 2 is 0.680 bits per heavy atom. The Balaban J connectivity index is 1.91. The summed E-state index contributed by atoms with van der Waals surface area (Å²) >= 11 is 0. The van der Waals surface area contributed by atoms with Crippen LogP contribution in [0.4, 0.5) is 0 Å². The third-order valence-corrected chi connectivity index (χ3v) is 10.5. The molecule has 2 unspecified atom stereocenters. The molecule has 4 N–H and O–H groups in total. The molecule has 0 saturated carbocycles. The summed E-state index contributed by atoms with van der Waals surface area (Å²) in [5, 5.41) is 43.6. The van der Waals surface area contributed by atoms with Gasteiger partial charge in [-0.05, 0) is 106 Å². The first kappa shape index (κ1) is 40.6. The number of hydrogen-bond donors (Lipinski definition) is 4. The number of phenolic OH excluding ortho intramolecular Hbond substituents is 2. The SMILES string of the molecule is CC(C)(C)c1cc(C(C)(CCc2ccc(CCC(C)(C(=O)O)c3cc(C(C)(C)C)c(O)c(C(C)(C)C)c3)cc2)C(=O)O)cc(C(C)(C)C)c1O. The topological polar surface area (TPSA) is 115 Å². The Bertz CT molecular complexity index is 1520. The molecule has 0 spiro atoms. The first-order chi connectivity index (χ1) is 22.5. The van der Waals surface area contributed by atoms with Crippen LogP contribution in [0.5, 0.6) is 11.5 Å². The number of hydrogen-bond acceptors (Lipinski definition) is 4. The molecule has 2 atom stereocenters. The average molecular weight is 687 g/mol. The lowest BCUT2D eigenvalue weighted by molar-refractivity contribution is -0.144. The van der Waals surface area contributed by atoms with Gasteiger partial charge < -0.3 is 20.4 Å². The fraction of sp³-hybridized carbons (Fsp3) is 0.545. The van der Waals surface area contributed by atoms with Crippen molar-refractivity contribution in [1.82, 2.24) is 0 Å². The van der Waals surface area contributed by atoms with Crippen LogP contribution < -0.4 is 0 Å². The largest absolute Gasteiger partial charge is 0.507 e. The monoisotopic (exact) mass is 686 g/mol. The maximum absolute atomic E-state index is 12.9. The van der Waals surface area contributed by atoms with Crippen LogP contribution >= 0.6 is 0 Å². The number of benzene rings is 3. The van der Waals surface area contributed by atoms with Crippen molar-refractivity contribution in [2.24, 2.45) is 0 Å². The number of phenols is 2. The van der Waals surface area contributed by atoms with E-state index < -0.39 is 22.8 Å². The van der Waals surface area contributed by atoms with E-state index >= 15 is 0 Å².